The van der Waals surface area contributed by atoms with Crippen molar-refractivity contribution in [1.29, 1.82) is 0 Å². The van der Waals surface area contributed by atoms with Gasteiger partial charge in [-0.05, 0) is 49.6 Å². The van der Waals surface area contributed by atoms with Crippen LogP contribution in [0.25, 0.3) is 0 Å². The molecule has 1 aliphatic heterocycles. The Morgan fingerprint density at radius 2 is 1.93 bits per heavy atom. The number of amides is 2. The van der Waals surface area contributed by atoms with Gasteiger partial charge in [0.05, 0.1) is 19.3 Å². The van der Waals surface area contributed by atoms with E-state index in [1.807, 2.05) is 6.92 Å². The van der Waals surface area contributed by atoms with Gasteiger partial charge < -0.3 is 19.4 Å². The van der Waals surface area contributed by atoms with E-state index in [2.05, 4.69) is 5.32 Å². The Morgan fingerprint density at radius 1 is 1.19 bits per heavy atom. The number of carbonyl (C=O) groups is 3. The van der Waals surface area contributed by atoms with Crippen molar-refractivity contribution in [1.82, 2.24) is 4.90 Å². The number of anilines is 1. The first-order valence-corrected chi connectivity index (χ1v) is 8.82. The van der Waals surface area contributed by atoms with Gasteiger partial charge in [0.1, 0.15) is 0 Å². The molecule has 7 heteroatoms. The molecule has 0 saturated carbocycles. The lowest BCUT2D eigenvalue weighted by Crippen LogP contribution is -2.40. The van der Waals surface area contributed by atoms with Gasteiger partial charge in [0, 0.05) is 24.3 Å². The summed E-state index contributed by atoms with van der Waals surface area (Å²) < 4.78 is 9.87. The van der Waals surface area contributed by atoms with E-state index in [4.69, 9.17) is 9.15 Å². The normalized spacial score (nSPS) is 14.7. The molecule has 3 rings (SSSR count). The van der Waals surface area contributed by atoms with Gasteiger partial charge in [0.25, 0.3) is 11.8 Å². The Hall–Kier alpha value is -3.09. The van der Waals surface area contributed by atoms with Crippen molar-refractivity contribution in [2.75, 3.05) is 25.5 Å². The van der Waals surface area contributed by atoms with Gasteiger partial charge in [-0.15, -0.1) is 0 Å². The summed E-state index contributed by atoms with van der Waals surface area (Å²) in [6.07, 6.45) is 2.61. The molecule has 1 aromatic heterocycles. The molecule has 2 aromatic rings. The van der Waals surface area contributed by atoms with E-state index in [1.54, 1.807) is 35.2 Å². The third-order valence-electron chi connectivity index (χ3n) is 4.79. The van der Waals surface area contributed by atoms with Crippen LogP contribution in [0, 0.1) is 12.8 Å². The predicted octanol–water partition coefficient (Wildman–Crippen LogP) is 2.87. The number of esters is 1. The summed E-state index contributed by atoms with van der Waals surface area (Å²) in [7, 11) is 1.38. The first-order valence-electron chi connectivity index (χ1n) is 8.82. The molecular formula is C20H22N2O5. The molecular weight excluding hydrogens is 348 g/mol. The molecule has 0 radical (unpaired) electrons. The molecule has 1 aromatic carbocycles. The second-order valence-corrected chi connectivity index (χ2v) is 6.55. The second kappa shape index (κ2) is 8.07. The van der Waals surface area contributed by atoms with Gasteiger partial charge in [-0.3, -0.25) is 14.4 Å². The monoisotopic (exact) mass is 370 g/mol. The summed E-state index contributed by atoms with van der Waals surface area (Å²) in [5, 5.41) is 2.78. The maximum atomic E-state index is 12.8. The number of carbonyl (C=O) groups excluding carboxylic acids is 3. The lowest BCUT2D eigenvalue weighted by atomic mass is 9.96. The largest absolute Gasteiger partial charge is 0.469 e. The van der Waals surface area contributed by atoms with Crippen LogP contribution in [0.15, 0.2) is 41.0 Å². The topological polar surface area (TPSA) is 88.9 Å². The Balaban J connectivity index is 1.69. The average molecular weight is 370 g/mol. The zero-order chi connectivity index (χ0) is 19.4. The maximum Gasteiger partial charge on any atom is 0.308 e. The second-order valence-electron chi connectivity index (χ2n) is 6.55. The van der Waals surface area contributed by atoms with Crippen molar-refractivity contribution in [3.05, 3.63) is 53.5 Å². The zero-order valence-corrected chi connectivity index (χ0v) is 15.4. The quantitative estimate of drug-likeness (QED) is 0.836. The van der Waals surface area contributed by atoms with Crippen LogP contribution in [-0.2, 0) is 9.53 Å². The molecule has 1 saturated heterocycles. The molecule has 2 amide bonds. The van der Waals surface area contributed by atoms with Gasteiger partial charge in [0.2, 0.25) is 0 Å². The number of rotatable bonds is 4. The summed E-state index contributed by atoms with van der Waals surface area (Å²) in [5.41, 5.74) is 1.90. The van der Waals surface area contributed by atoms with E-state index in [0.717, 1.165) is 5.56 Å². The van der Waals surface area contributed by atoms with Crippen molar-refractivity contribution in [3.63, 3.8) is 0 Å². The SMILES string of the molecule is COC(=O)C1CCN(C(=O)c2ccc(C)c(NC(=O)c3ccco3)c2)CC1. The van der Waals surface area contributed by atoms with Crippen LogP contribution in [0.1, 0.15) is 39.3 Å². The number of furan rings is 1. The predicted molar refractivity (Wildman–Crippen MR) is 98.5 cm³/mol. The fourth-order valence-electron chi connectivity index (χ4n) is 3.15. The Kier molecular flexibility index (Phi) is 5.59. The van der Waals surface area contributed by atoms with Crippen LogP contribution in [0.4, 0.5) is 5.69 Å². The van der Waals surface area contributed by atoms with E-state index in [1.165, 1.54) is 13.4 Å². The molecule has 142 valence electrons. The highest BCUT2D eigenvalue weighted by Gasteiger charge is 2.28. The van der Waals surface area contributed by atoms with Crippen LogP contribution < -0.4 is 5.32 Å². The number of aryl methyl sites for hydroxylation is 1. The van der Waals surface area contributed by atoms with Crippen LogP contribution in [0.2, 0.25) is 0 Å². The number of hydrogen-bond donors (Lipinski definition) is 1. The summed E-state index contributed by atoms with van der Waals surface area (Å²) >= 11 is 0. The number of nitrogens with one attached hydrogen (secondary N) is 1. The standard InChI is InChI=1S/C20H22N2O5/c1-13-5-6-15(12-16(13)21-18(23)17-4-3-11-27-17)19(24)22-9-7-14(8-10-22)20(25)26-2/h3-6,11-12,14H,7-10H2,1-2H3,(H,21,23). The lowest BCUT2D eigenvalue weighted by molar-refractivity contribution is -0.146. The van der Waals surface area contributed by atoms with E-state index >= 15 is 0 Å². The Labute approximate surface area is 157 Å². The molecule has 0 atom stereocenters. The van der Waals surface area contributed by atoms with Crippen molar-refractivity contribution < 1.29 is 23.5 Å². The van der Waals surface area contributed by atoms with Crippen molar-refractivity contribution >= 4 is 23.5 Å². The van der Waals surface area contributed by atoms with Gasteiger partial charge in [0.15, 0.2) is 5.76 Å². The number of methoxy groups -OCH3 is 1. The minimum Gasteiger partial charge on any atom is -0.469 e. The van der Waals surface area contributed by atoms with Gasteiger partial charge in [-0.2, -0.15) is 0 Å². The van der Waals surface area contributed by atoms with Gasteiger partial charge in [-0.1, -0.05) is 6.07 Å². The van der Waals surface area contributed by atoms with Crippen molar-refractivity contribution in [2.24, 2.45) is 5.92 Å². The summed E-state index contributed by atoms with van der Waals surface area (Å²) in [6, 6.07) is 8.43. The van der Waals surface area contributed by atoms with Crippen LogP contribution in [0.5, 0.6) is 0 Å². The number of nitrogens with zero attached hydrogens (tertiary/aromatic N) is 1. The van der Waals surface area contributed by atoms with Gasteiger partial charge in [-0.25, -0.2) is 0 Å². The number of piperidine rings is 1. The molecule has 1 fully saturated rings. The molecule has 0 bridgehead atoms. The molecule has 0 aliphatic carbocycles. The fraction of sp³-hybridized carbons (Fsp3) is 0.350. The highest BCUT2D eigenvalue weighted by atomic mass is 16.5. The molecule has 2 heterocycles. The first kappa shape index (κ1) is 18.7. The summed E-state index contributed by atoms with van der Waals surface area (Å²) in [4.78, 5) is 38.3. The lowest BCUT2D eigenvalue weighted by Gasteiger charge is -2.30. The van der Waals surface area contributed by atoms with Crippen molar-refractivity contribution in [3.8, 4) is 0 Å². The van der Waals surface area contributed by atoms with Crippen LogP contribution in [-0.4, -0.2) is 42.9 Å². The molecule has 1 aliphatic rings. The maximum absolute atomic E-state index is 12.8. The number of likely N-dealkylation sites (tertiary alicyclic amines) is 1. The van der Waals surface area contributed by atoms with E-state index in [0.29, 0.717) is 37.2 Å². The highest BCUT2D eigenvalue weighted by Crippen LogP contribution is 2.23. The van der Waals surface area contributed by atoms with Crippen LogP contribution in [0.3, 0.4) is 0 Å². The summed E-state index contributed by atoms with van der Waals surface area (Å²) in [5.74, 6) is -0.657. The molecule has 7 nitrogen and oxygen atoms in total. The number of ether oxygens (including phenoxy) is 1. The highest BCUT2D eigenvalue weighted by molar-refractivity contribution is 6.04. The van der Waals surface area contributed by atoms with E-state index < -0.39 is 0 Å². The molecule has 0 unspecified atom stereocenters. The Morgan fingerprint density at radius 3 is 2.56 bits per heavy atom. The Bertz CT molecular complexity index is 836. The fourth-order valence-corrected chi connectivity index (χ4v) is 3.15. The average Bonchev–Trinajstić information content (AvgIpc) is 3.23. The minimum atomic E-state index is -0.369. The smallest absolute Gasteiger partial charge is 0.308 e. The molecule has 0 spiro atoms. The zero-order valence-electron chi connectivity index (χ0n) is 15.4. The van der Waals surface area contributed by atoms with Crippen molar-refractivity contribution in [2.45, 2.75) is 19.8 Å². The van der Waals surface area contributed by atoms with Gasteiger partial charge >= 0.3 is 5.97 Å². The van der Waals surface area contributed by atoms with E-state index in [9.17, 15) is 14.4 Å². The van der Waals surface area contributed by atoms with E-state index in [-0.39, 0.29) is 29.5 Å². The third kappa shape index (κ3) is 4.19. The summed E-state index contributed by atoms with van der Waals surface area (Å²) in [6.45, 7) is 2.86. The third-order valence-corrected chi connectivity index (χ3v) is 4.79. The van der Waals surface area contributed by atoms with Crippen LogP contribution >= 0.6 is 0 Å². The number of benzene rings is 1. The number of hydrogen-bond acceptors (Lipinski definition) is 5. The minimum absolute atomic E-state index is 0.119. The molecule has 27 heavy (non-hydrogen) atoms. The molecule has 1 N–H and O–H groups in total. The first-order chi connectivity index (χ1) is 13.0.